The zero-order valence-corrected chi connectivity index (χ0v) is 10.6. The molecule has 1 N–H and O–H groups in total. The van der Waals surface area contributed by atoms with Gasteiger partial charge >= 0.3 is 0 Å². The molecule has 94 valence electrons. The SMILES string of the molecule is Cc1ccc(C#N)cc1NC(=O)C1CCOC1C. The number of ether oxygens (including phenoxy) is 1. The summed E-state index contributed by atoms with van der Waals surface area (Å²) in [7, 11) is 0. The number of nitriles is 1. The number of hydrogen-bond donors (Lipinski definition) is 1. The van der Waals surface area contributed by atoms with E-state index >= 15 is 0 Å². The van der Waals surface area contributed by atoms with Crippen molar-refractivity contribution in [3.8, 4) is 6.07 Å². The van der Waals surface area contributed by atoms with Crippen LogP contribution in [0, 0.1) is 24.2 Å². The Balaban J connectivity index is 2.14. The molecule has 1 aliphatic heterocycles. The fraction of sp³-hybridized carbons (Fsp3) is 0.429. The van der Waals surface area contributed by atoms with E-state index in [-0.39, 0.29) is 17.9 Å². The lowest BCUT2D eigenvalue weighted by molar-refractivity contribution is -0.121. The third kappa shape index (κ3) is 2.52. The quantitative estimate of drug-likeness (QED) is 0.867. The molecular formula is C14H16N2O2. The molecule has 4 heteroatoms. The van der Waals surface area contributed by atoms with E-state index in [0.717, 1.165) is 12.0 Å². The summed E-state index contributed by atoms with van der Waals surface area (Å²) in [5.74, 6) is -0.131. The van der Waals surface area contributed by atoms with Crippen LogP contribution in [0.25, 0.3) is 0 Å². The highest BCUT2D eigenvalue weighted by Gasteiger charge is 2.30. The summed E-state index contributed by atoms with van der Waals surface area (Å²) in [6, 6.07) is 7.35. The van der Waals surface area contributed by atoms with Crippen molar-refractivity contribution in [1.29, 1.82) is 5.26 Å². The Morgan fingerprint density at radius 3 is 2.94 bits per heavy atom. The normalized spacial score (nSPS) is 22.5. The molecule has 1 heterocycles. The maximum absolute atomic E-state index is 12.1. The Kier molecular flexibility index (Phi) is 3.63. The van der Waals surface area contributed by atoms with Gasteiger partial charge in [-0.05, 0) is 38.0 Å². The Morgan fingerprint density at radius 1 is 1.56 bits per heavy atom. The van der Waals surface area contributed by atoms with Gasteiger partial charge in [-0.25, -0.2) is 0 Å². The lowest BCUT2D eigenvalue weighted by Gasteiger charge is -2.15. The summed E-state index contributed by atoms with van der Waals surface area (Å²) < 4.78 is 5.39. The number of rotatable bonds is 2. The van der Waals surface area contributed by atoms with E-state index in [2.05, 4.69) is 11.4 Å². The van der Waals surface area contributed by atoms with Gasteiger partial charge in [0.25, 0.3) is 0 Å². The molecule has 2 unspecified atom stereocenters. The molecule has 0 saturated carbocycles. The van der Waals surface area contributed by atoms with Gasteiger partial charge in [-0.15, -0.1) is 0 Å². The highest BCUT2D eigenvalue weighted by atomic mass is 16.5. The molecule has 1 aliphatic rings. The van der Waals surface area contributed by atoms with Crippen molar-refractivity contribution < 1.29 is 9.53 Å². The van der Waals surface area contributed by atoms with Gasteiger partial charge in [0.2, 0.25) is 5.91 Å². The molecule has 18 heavy (non-hydrogen) atoms. The second-order valence-corrected chi connectivity index (χ2v) is 4.60. The lowest BCUT2D eigenvalue weighted by Crippen LogP contribution is -2.28. The largest absolute Gasteiger partial charge is 0.378 e. The van der Waals surface area contributed by atoms with Crippen LogP contribution in [-0.4, -0.2) is 18.6 Å². The van der Waals surface area contributed by atoms with Crippen molar-refractivity contribution in [3.63, 3.8) is 0 Å². The number of benzene rings is 1. The monoisotopic (exact) mass is 244 g/mol. The van der Waals surface area contributed by atoms with Gasteiger partial charge < -0.3 is 10.1 Å². The number of aryl methyl sites for hydroxylation is 1. The molecule has 0 aromatic heterocycles. The minimum absolute atomic E-state index is 0.0295. The van der Waals surface area contributed by atoms with E-state index in [1.807, 2.05) is 19.9 Å². The van der Waals surface area contributed by atoms with Crippen LogP contribution >= 0.6 is 0 Å². The van der Waals surface area contributed by atoms with Crippen LogP contribution in [0.3, 0.4) is 0 Å². The average molecular weight is 244 g/mol. The number of amides is 1. The maximum Gasteiger partial charge on any atom is 0.230 e. The van der Waals surface area contributed by atoms with Crippen LogP contribution in [-0.2, 0) is 9.53 Å². The van der Waals surface area contributed by atoms with Crippen LogP contribution in [0.5, 0.6) is 0 Å². The molecule has 4 nitrogen and oxygen atoms in total. The fourth-order valence-electron chi connectivity index (χ4n) is 2.13. The highest BCUT2D eigenvalue weighted by Crippen LogP contribution is 2.23. The van der Waals surface area contributed by atoms with Gasteiger partial charge in [-0.2, -0.15) is 5.26 Å². The lowest BCUT2D eigenvalue weighted by atomic mass is 10.0. The topological polar surface area (TPSA) is 62.1 Å². The van der Waals surface area contributed by atoms with Gasteiger partial charge in [0.15, 0.2) is 0 Å². The van der Waals surface area contributed by atoms with E-state index in [4.69, 9.17) is 10.00 Å². The summed E-state index contributed by atoms with van der Waals surface area (Å²) in [5.41, 5.74) is 2.21. The van der Waals surface area contributed by atoms with Crippen molar-refractivity contribution in [2.45, 2.75) is 26.4 Å². The number of carbonyl (C=O) groups is 1. The van der Waals surface area contributed by atoms with Gasteiger partial charge in [-0.1, -0.05) is 6.07 Å². The summed E-state index contributed by atoms with van der Waals surface area (Å²) in [5, 5.41) is 11.7. The Labute approximate surface area is 107 Å². The number of nitrogens with one attached hydrogen (secondary N) is 1. The molecule has 2 rings (SSSR count). The Hall–Kier alpha value is -1.86. The van der Waals surface area contributed by atoms with Crippen LogP contribution in [0.4, 0.5) is 5.69 Å². The van der Waals surface area contributed by atoms with Gasteiger partial charge in [-0.3, -0.25) is 4.79 Å². The molecule has 1 amide bonds. The maximum atomic E-state index is 12.1. The molecule has 1 aromatic carbocycles. The second kappa shape index (κ2) is 5.19. The van der Waals surface area contributed by atoms with Crippen LogP contribution in [0.15, 0.2) is 18.2 Å². The first-order valence-corrected chi connectivity index (χ1v) is 6.05. The minimum Gasteiger partial charge on any atom is -0.378 e. The zero-order chi connectivity index (χ0) is 13.1. The van der Waals surface area contributed by atoms with E-state index in [1.165, 1.54) is 0 Å². The Morgan fingerprint density at radius 2 is 2.33 bits per heavy atom. The summed E-state index contributed by atoms with van der Waals surface area (Å²) in [6.45, 7) is 4.46. The van der Waals surface area contributed by atoms with E-state index in [9.17, 15) is 4.79 Å². The smallest absolute Gasteiger partial charge is 0.230 e. The summed E-state index contributed by atoms with van der Waals surface area (Å²) >= 11 is 0. The summed E-state index contributed by atoms with van der Waals surface area (Å²) in [6.07, 6.45) is 0.716. The van der Waals surface area contributed by atoms with E-state index < -0.39 is 0 Å². The van der Waals surface area contributed by atoms with Gasteiger partial charge in [0, 0.05) is 12.3 Å². The predicted molar refractivity (Wildman–Crippen MR) is 68.0 cm³/mol. The first-order chi connectivity index (χ1) is 8.61. The number of carbonyl (C=O) groups excluding carboxylic acids is 1. The van der Waals surface area contributed by atoms with Crippen molar-refractivity contribution in [1.82, 2.24) is 0 Å². The Bertz CT molecular complexity index is 505. The molecule has 0 bridgehead atoms. The van der Waals surface area contributed by atoms with Crippen LogP contribution in [0.1, 0.15) is 24.5 Å². The number of anilines is 1. The fourth-order valence-corrected chi connectivity index (χ4v) is 2.13. The predicted octanol–water partition coefficient (Wildman–Crippen LogP) is 2.23. The number of nitrogens with zero attached hydrogens (tertiary/aromatic N) is 1. The molecule has 0 radical (unpaired) electrons. The van der Waals surface area contributed by atoms with Crippen molar-refractivity contribution in [2.75, 3.05) is 11.9 Å². The van der Waals surface area contributed by atoms with Crippen molar-refractivity contribution in [2.24, 2.45) is 5.92 Å². The summed E-state index contributed by atoms with van der Waals surface area (Å²) in [4.78, 5) is 12.1. The molecule has 1 fully saturated rings. The molecule has 0 spiro atoms. The highest BCUT2D eigenvalue weighted by molar-refractivity contribution is 5.93. The van der Waals surface area contributed by atoms with E-state index in [0.29, 0.717) is 17.9 Å². The molecule has 1 saturated heterocycles. The second-order valence-electron chi connectivity index (χ2n) is 4.60. The standard InChI is InChI=1S/C14H16N2O2/c1-9-3-4-11(8-15)7-13(9)16-14(17)12-5-6-18-10(12)2/h3-4,7,10,12H,5-6H2,1-2H3,(H,16,17). The molecule has 0 aliphatic carbocycles. The van der Waals surface area contributed by atoms with Crippen molar-refractivity contribution >= 4 is 11.6 Å². The molecular weight excluding hydrogens is 228 g/mol. The first kappa shape index (κ1) is 12.6. The average Bonchev–Trinajstić information content (AvgIpc) is 2.78. The first-order valence-electron chi connectivity index (χ1n) is 6.05. The molecule has 2 atom stereocenters. The van der Waals surface area contributed by atoms with E-state index in [1.54, 1.807) is 12.1 Å². The third-order valence-corrected chi connectivity index (χ3v) is 3.34. The zero-order valence-electron chi connectivity index (χ0n) is 10.6. The van der Waals surface area contributed by atoms with Crippen molar-refractivity contribution in [3.05, 3.63) is 29.3 Å². The van der Waals surface area contributed by atoms with Gasteiger partial charge in [0.1, 0.15) is 0 Å². The van der Waals surface area contributed by atoms with Crippen LogP contribution < -0.4 is 5.32 Å². The molecule has 1 aromatic rings. The van der Waals surface area contributed by atoms with Gasteiger partial charge in [0.05, 0.1) is 23.7 Å². The minimum atomic E-state index is -0.102. The van der Waals surface area contributed by atoms with Crippen LogP contribution in [0.2, 0.25) is 0 Å². The number of hydrogen-bond acceptors (Lipinski definition) is 3. The third-order valence-electron chi connectivity index (χ3n) is 3.34.